The van der Waals surface area contributed by atoms with E-state index in [1.165, 1.54) is 6.20 Å². The van der Waals surface area contributed by atoms with Gasteiger partial charge in [0.15, 0.2) is 0 Å². The van der Waals surface area contributed by atoms with E-state index in [9.17, 15) is 4.79 Å². The second kappa shape index (κ2) is 3.38. The number of rotatable bonds is 1. The van der Waals surface area contributed by atoms with Gasteiger partial charge in [-0.25, -0.2) is 4.79 Å². The van der Waals surface area contributed by atoms with Crippen LogP contribution in [-0.4, -0.2) is 21.8 Å². The summed E-state index contributed by atoms with van der Waals surface area (Å²) in [6.07, 6.45) is 2.40. The first-order valence-electron chi connectivity index (χ1n) is 4.06. The van der Waals surface area contributed by atoms with Crippen molar-refractivity contribution in [2.75, 3.05) is 5.75 Å². The fourth-order valence-electron chi connectivity index (χ4n) is 1.36. The smallest absolute Gasteiger partial charge is 0.337 e. The third kappa shape index (κ3) is 1.67. The Bertz CT molecular complexity index is 351. The standard InChI is InChI=1S/C9H9NO2S/c11-9(12)6-3-7-5-13-2-1-8(7)10-4-6/h3-4H,1-2,5H2,(H,11,12). The number of carbonyl (C=O) groups is 1. The number of aromatic nitrogens is 1. The van der Waals surface area contributed by atoms with Crippen molar-refractivity contribution in [2.24, 2.45) is 0 Å². The van der Waals surface area contributed by atoms with Crippen molar-refractivity contribution in [3.05, 3.63) is 29.1 Å². The highest BCUT2D eigenvalue weighted by Gasteiger charge is 2.13. The molecule has 0 aliphatic carbocycles. The molecule has 0 unspecified atom stereocenters. The van der Waals surface area contributed by atoms with E-state index in [1.807, 2.05) is 11.8 Å². The van der Waals surface area contributed by atoms with Gasteiger partial charge in [-0.1, -0.05) is 0 Å². The number of thioether (sulfide) groups is 1. The van der Waals surface area contributed by atoms with Gasteiger partial charge in [-0.15, -0.1) is 0 Å². The van der Waals surface area contributed by atoms with Crippen molar-refractivity contribution in [1.82, 2.24) is 4.98 Å². The minimum atomic E-state index is -0.897. The maximum Gasteiger partial charge on any atom is 0.337 e. The van der Waals surface area contributed by atoms with Gasteiger partial charge in [0.25, 0.3) is 0 Å². The van der Waals surface area contributed by atoms with Crippen molar-refractivity contribution < 1.29 is 9.90 Å². The summed E-state index contributed by atoms with van der Waals surface area (Å²) in [5.41, 5.74) is 2.43. The van der Waals surface area contributed by atoms with Gasteiger partial charge in [0.1, 0.15) is 0 Å². The highest BCUT2D eigenvalue weighted by Crippen LogP contribution is 2.23. The number of pyridine rings is 1. The zero-order valence-corrected chi connectivity index (χ0v) is 7.80. The van der Waals surface area contributed by atoms with Crippen LogP contribution in [0, 0.1) is 0 Å². The first-order chi connectivity index (χ1) is 6.27. The second-order valence-corrected chi connectivity index (χ2v) is 4.04. The largest absolute Gasteiger partial charge is 0.478 e. The molecule has 3 nitrogen and oxygen atoms in total. The summed E-state index contributed by atoms with van der Waals surface area (Å²) in [5.74, 6) is 1.08. The zero-order valence-electron chi connectivity index (χ0n) is 6.99. The molecule has 0 fully saturated rings. The van der Waals surface area contributed by atoms with E-state index < -0.39 is 5.97 Å². The SMILES string of the molecule is O=C(O)c1cnc2c(c1)CSCC2. The number of carboxylic acid groups (broad SMARTS) is 1. The molecule has 0 saturated heterocycles. The average molecular weight is 195 g/mol. The summed E-state index contributed by atoms with van der Waals surface area (Å²) in [5, 5.41) is 8.74. The number of nitrogens with zero attached hydrogens (tertiary/aromatic N) is 1. The Kier molecular flexibility index (Phi) is 2.22. The molecule has 0 radical (unpaired) electrons. The van der Waals surface area contributed by atoms with Crippen LogP contribution in [0.2, 0.25) is 0 Å². The maximum atomic E-state index is 10.6. The van der Waals surface area contributed by atoms with Crippen LogP contribution in [0.3, 0.4) is 0 Å². The van der Waals surface area contributed by atoms with Gasteiger partial charge in [0.05, 0.1) is 5.56 Å². The predicted molar refractivity (Wildman–Crippen MR) is 51.1 cm³/mol. The minimum absolute atomic E-state index is 0.293. The molecule has 0 aromatic carbocycles. The molecule has 0 atom stereocenters. The molecular formula is C9H9NO2S. The molecule has 2 rings (SSSR count). The van der Waals surface area contributed by atoms with Gasteiger partial charge < -0.3 is 5.11 Å². The number of carboxylic acids is 1. The highest BCUT2D eigenvalue weighted by atomic mass is 32.2. The predicted octanol–water partition coefficient (Wildman–Crippen LogP) is 1.57. The van der Waals surface area contributed by atoms with Crippen molar-refractivity contribution in [3.8, 4) is 0 Å². The molecule has 13 heavy (non-hydrogen) atoms. The number of hydrogen-bond donors (Lipinski definition) is 1. The molecule has 1 aliphatic rings. The van der Waals surface area contributed by atoms with Crippen LogP contribution in [0.5, 0.6) is 0 Å². The van der Waals surface area contributed by atoms with Crippen LogP contribution in [0.1, 0.15) is 21.6 Å². The van der Waals surface area contributed by atoms with E-state index in [2.05, 4.69) is 4.98 Å². The summed E-state index contributed by atoms with van der Waals surface area (Å²) in [6.45, 7) is 0. The van der Waals surface area contributed by atoms with Gasteiger partial charge in [-0.3, -0.25) is 4.98 Å². The van der Waals surface area contributed by atoms with Crippen LogP contribution < -0.4 is 0 Å². The van der Waals surface area contributed by atoms with E-state index in [4.69, 9.17) is 5.11 Å². The number of hydrogen-bond acceptors (Lipinski definition) is 3. The Morgan fingerprint density at radius 3 is 3.23 bits per heavy atom. The molecule has 0 amide bonds. The summed E-state index contributed by atoms with van der Waals surface area (Å²) in [6, 6.07) is 1.73. The van der Waals surface area contributed by atoms with Crippen LogP contribution in [0.15, 0.2) is 12.3 Å². The van der Waals surface area contributed by atoms with Crippen molar-refractivity contribution in [2.45, 2.75) is 12.2 Å². The normalized spacial score (nSPS) is 15.1. The van der Waals surface area contributed by atoms with Crippen LogP contribution in [0.4, 0.5) is 0 Å². The van der Waals surface area contributed by atoms with Crippen molar-refractivity contribution in [3.63, 3.8) is 0 Å². The zero-order chi connectivity index (χ0) is 9.26. The molecule has 0 saturated carbocycles. The molecule has 1 aliphatic heterocycles. The average Bonchev–Trinajstić information content (AvgIpc) is 2.17. The third-order valence-electron chi connectivity index (χ3n) is 2.05. The monoisotopic (exact) mass is 195 g/mol. The maximum absolute atomic E-state index is 10.6. The molecule has 2 heterocycles. The van der Waals surface area contributed by atoms with Crippen LogP contribution in [-0.2, 0) is 12.2 Å². The molecule has 1 N–H and O–H groups in total. The lowest BCUT2D eigenvalue weighted by molar-refractivity contribution is 0.0696. The lowest BCUT2D eigenvalue weighted by Gasteiger charge is -2.13. The summed E-state index contributed by atoms with van der Waals surface area (Å²) in [4.78, 5) is 14.8. The lowest BCUT2D eigenvalue weighted by atomic mass is 10.1. The van der Waals surface area contributed by atoms with E-state index in [0.717, 1.165) is 29.2 Å². The van der Waals surface area contributed by atoms with Crippen LogP contribution in [0.25, 0.3) is 0 Å². The lowest BCUT2D eigenvalue weighted by Crippen LogP contribution is -2.08. The molecule has 0 bridgehead atoms. The van der Waals surface area contributed by atoms with Gasteiger partial charge in [0, 0.05) is 17.6 Å². The Morgan fingerprint density at radius 1 is 1.62 bits per heavy atom. The molecule has 4 heteroatoms. The Hall–Kier alpha value is -1.03. The van der Waals surface area contributed by atoms with E-state index in [-0.39, 0.29) is 0 Å². The van der Waals surface area contributed by atoms with Crippen molar-refractivity contribution >= 4 is 17.7 Å². The van der Waals surface area contributed by atoms with Gasteiger partial charge in [0.2, 0.25) is 0 Å². The van der Waals surface area contributed by atoms with E-state index >= 15 is 0 Å². The quantitative estimate of drug-likeness (QED) is 0.739. The van der Waals surface area contributed by atoms with Gasteiger partial charge >= 0.3 is 5.97 Å². The van der Waals surface area contributed by atoms with E-state index in [0.29, 0.717) is 5.56 Å². The number of aryl methyl sites for hydroxylation is 1. The number of fused-ring (bicyclic) bond motifs is 1. The Labute approximate surface area is 80.2 Å². The van der Waals surface area contributed by atoms with Gasteiger partial charge in [-0.05, 0) is 23.8 Å². The Morgan fingerprint density at radius 2 is 2.46 bits per heavy atom. The molecule has 68 valence electrons. The highest BCUT2D eigenvalue weighted by molar-refractivity contribution is 7.98. The fourth-order valence-corrected chi connectivity index (χ4v) is 2.31. The first kappa shape index (κ1) is 8.56. The molecule has 1 aromatic rings. The summed E-state index contributed by atoms with van der Waals surface area (Å²) < 4.78 is 0. The minimum Gasteiger partial charge on any atom is -0.478 e. The van der Waals surface area contributed by atoms with Crippen LogP contribution >= 0.6 is 11.8 Å². The van der Waals surface area contributed by atoms with Crippen molar-refractivity contribution in [1.29, 1.82) is 0 Å². The second-order valence-electron chi connectivity index (χ2n) is 2.94. The fraction of sp³-hybridized carbons (Fsp3) is 0.333. The topological polar surface area (TPSA) is 50.2 Å². The third-order valence-corrected chi connectivity index (χ3v) is 3.06. The van der Waals surface area contributed by atoms with Gasteiger partial charge in [-0.2, -0.15) is 11.8 Å². The summed E-state index contributed by atoms with van der Waals surface area (Å²) in [7, 11) is 0. The molecule has 1 aromatic heterocycles. The van der Waals surface area contributed by atoms with E-state index in [1.54, 1.807) is 6.07 Å². The molecular weight excluding hydrogens is 186 g/mol. The molecule has 0 spiro atoms. The number of aromatic carboxylic acids is 1. The first-order valence-corrected chi connectivity index (χ1v) is 5.21. The summed E-state index contributed by atoms with van der Waals surface area (Å²) >= 11 is 1.83. The Balaban J connectivity index is 2.40.